The standard InChI is InChI=1S/C13H17BrN2O3S/c1-2-13(11(17)18)4-3-5-16(13)12(19)15-7-10-6-9(14)8-20-10/h6,8H,2-5,7H2,1H3,(H,15,19)(H,17,18). The van der Waals surface area contributed by atoms with Gasteiger partial charge in [0.15, 0.2) is 0 Å². The highest BCUT2D eigenvalue weighted by Gasteiger charge is 2.48. The van der Waals surface area contributed by atoms with Crippen molar-refractivity contribution in [1.82, 2.24) is 10.2 Å². The van der Waals surface area contributed by atoms with Crippen LogP contribution in [0.15, 0.2) is 15.9 Å². The third kappa shape index (κ3) is 2.83. The van der Waals surface area contributed by atoms with Gasteiger partial charge in [-0.05, 0) is 41.3 Å². The third-order valence-electron chi connectivity index (χ3n) is 3.75. The van der Waals surface area contributed by atoms with Gasteiger partial charge >= 0.3 is 12.0 Å². The summed E-state index contributed by atoms with van der Waals surface area (Å²) in [5.74, 6) is -0.911. The largest absolute Gasteiger partial charge is 0.479 e. The van der Waals surface area contributed by atoms with Crippen LogP contribution in [0.25, 0.3) is 0 Å². The molecule has 1 unspecified atom stereocenters. The third-order valence-corrected chi connectivity index (χ3v) is 5.45. The van der Waals surface area contributed by atoms with Gasteiger partial charge in [0.1, 0.15) is 5.54 Å². The molecule has 1 atom stereocenters. The zero-order chi connectivity index (χ0) is 14.8. The van der Waals surface area contributed by atoms with E-state index in [0.717, 1.165) is 15.8 Å². The summed E-state index contributed by atoms with van der Waals surface area (Å²) in [5.41, 5.74) is -1.04. The van der Waals surface area contributed by atoms with E-state index >= 15 is 0 Å². The highest BCUT2D eigenvalue weighted by atomic mass is 79.9. The molecule has 2 heterocycles. The highest BCUT2D eigenvalue weighted by molar-refractivity contribution is 9.10. The molecule has 0 radical (unpaired) electrons. The number of aliphatic carboxylic acids is 1. The lowest BCUT2D eigenvalue weighted by Gasteiger charge is -2.33. The number of thiophene rings is 1. The number of urea groups is 1. The number of amides is 2. The van der Waals surface area contributed by atoms with Crippen LogP contribution in [0.5, 0.6) is 0 Å². The maximum atomic E-state index is 12.2. The fourth-order valence-corrected chi connectivity index (χ4v) is 4.01. The Hall–Kier alpha value is -1.08. The Morgan fingerprint density at radius 2 is 2.35 bits per heavy atom. The smallest absolute Gasteiger partial charge is 0.329 e. The van der Waals surface area contributed by atoms with Crippen LogP contribution in [0.2, 0.25) is 0 Å². The van der Waals surface area contributed by atoms with Crippen LogP contribution in [0.4, 0.5) is 4.79 Å². The molecule has 1 fully saturated rings. The Bertz CT molecular complexity index is 519. The molecule has 5 nitrogen and oxygen atoms in total. The number of carboxylic acids is 1. The van der Waals surface area contributed by atoms with Crippen molar-refractivity contribution in [3.8, 4) is 0 Å². The van der Waals surface area contributed by atoms with Crippen LogP contribution < -0.4 is 5.32 Å². The predicted molar refractivity (Wildman–Crippen MR) is 80.9 cm³/mol. The summed E-state index contributed by atoms with van der Waals surface area (Å²) in [6, 6.07) is 1.65. The van der Waals surface area contributed by atoms with Gasteiger partial charge in [-0.2, -0.15) is 0 Å². The number of rotatable bonds is 4. The fraction of sp³-hybridized carbons (Fsp3) is 0.538. The van der Waals surface area contributed by atoms with Gasteiger partial charge in [-0.25, -0.2) is 9.59 Å². The highest BCUT2D eigenvalue weighted by Crippen LogP contribution is 2.32. The molecule has 0 bridgehead atoms. The van der Waals surface area contributed by atoms with E-state index in [2.05, 4.69) is 21.2 Å². The van der Waals surface area contributed by atoms with Crippen molar-refractivity contribution in [1.29, 1.82) is 0 Å². The number of carboxylic acid groups (broad SMARTS) is 1. The summed E-state index contributed by atoms with van der Waals surface area (Å²) < 4.78 is 0.987. The van der Waals surface area contributed by atoms with E-state index < -0.39 is 11.5 Å². The summed E-state index contributed by atoms with van der Waals surface area (Å²) in [5, 5.41) is 14.2. The van der Waals surface area contributed by atoms with E-state index in [1.54, 1.807) is 11.3 Å². The first kappa shape index (κ1) is 15.3. The molecule has 110 valence electrons. The van der Waals surface area contributed by atoms with Crippen molar-refractivity contribution in [2.75, 3.05) is 6.54 Å². The van der Waals surface area contributed by atoms with Crippen LogP contribution in [0, 0.1) is 0 Å². The van der Waals surface area contributed by atoms with Crippen molar-refractivity contribution in [3.05, 3.63) is 20.8 Å². The lowest BCUT2D eigenvalue weighted by atomic mass is 9.93. The minimum absolute atomic E-state index is 0.295. The molecule has 0 saturated carbocycles. The molecule has 1 aliphatic rings. The number of nitrogens with one attached hydrogen (secondary N) is 1. The molecular weight excluding hydrogens is 344 g/mol. The maximum absolute atomic E-state index is 12.2. The van der Waals surface area contributed by atoms with Gasteiger partial charge in [0, 0.05) is 21.3 Å². The first-order valence-electron chi connectivity index (χ1n) is 6.51. The zero-order valence-corrected chi connectivity index (χ0v) is 13.6. The molecule has 20 heavy (non-hydrogen) atoms. The topological polar surface area (TPSA) is 69.6 Å². The molecule has 2 N–H and O–H groups in total. The Balaban J connectivity index is 2.02. The number of hydrogen-bond donors (Lipinski definition) is 2. The van der Waals surface area contributed by atoms with Gasteiger partial charge in [-0.3, -0.25) is 0 Å². The lowest BCUT2D eigenvalue weighted by molar-refractivity contribution is -0.148. The minimum atomic E-state index is -1.04. The second-order valence-electron chi connectivity index (χ2n) is 4.84. The lowest BCUT2D eigenvalue weighted by Crippen LogP contribution is -2.55. The normalized spacial score (nSPS) is 22.0. The van der Waals surface area contributed by atoms with E-state index in [0.29, 0.717) is 25.9 Å². The molecule has 1 saturated heterocycles. The molecule has 1 aromatic rings. The van der Waals surface area contributed by atoms with E-state index in [1.807, 2.05) is 18.4 Å². The van der Waals surface area contributed by atoms with Crippen LogP contribution in [0.3, 0.4) is 0 Å². The van der Waals surface area contributed by atoms with E-state index in [1.165, 1.54) is 4.90 Å². The predicted octanol–water partition coefficient (Wildman–Crippen LogP) is 3.05. The average Bonchev–Trinajstić information content (AvgIpc) is 3.02. The average molecular weight is 361 g/mol. The van der Waals surface area contributed by atoms with Crippen LogP contribution in [0.1, 0.15) is 31.1 Å². The Morgan fingerprint density at radius 3 is 2.90 bits per heavy atom. The van der Waals surface area contributed by atoms with Crippen molar-refractivity contribution in [2.45, 2.75) is 38.3 Å². The molecule has 0 aromatic carbocycles. The quantitative estimate of drug-likeness (QED) is 0.866. The van der Waals surface area contributed by atoms with Crippen molar-refractivity contribution in [3.63, 3.8) is 0 Å². The number of likely N-dealkylation sites (tertiary alicyclic amines) is 1. The number of halogens is 1. The maximum Gasteiger partial charge on any atom is 0.329 e. The second kappa shape index (κ2) is 6.13. The van der Waals surface area contributed by atoms with Crippen molar-refractivity contribution >= 4 is 39.3 Å². The van der Waals surface area contributed by atoms with Crippen LogP contribution >= 0.6 is 27.3 Å². The summed E-state index contributed by atoms with van der Waals surface area (Å²) in [7, 11) is 0. The Labute approximate surface area is 130 Å². The molecule has 0 aliphatic carbocycles. The van der Waals surface area contributed by atoms with E-state index in [-0.39, 0.29) is 6.03 Å². The van der Waals surface area contributed by atoms with Crippen LogP contribution in [-0.4, -0.2) is 34.1 Å². The molecular formula is C13H17BrN2O3S. The fourth-order valence-electron chi connectivity index (χ4n) is 2.62. The molecule has 1 aliphatic heterocycles. The summed E-state index contributed by atoms with van der Waals surface area (Å²) in [6.45, 7) is 2.74. The molecule has 2 amide bonds. The summed E-state index contributed by atoms with van der Waals surface area (Å²) >= 11 is 4.91. The van der Waals surface area contributed by atoms with Gasteiger partial charge in [-0.1, -0.05) is 6.92 Å². The minimum Gasteiger partial charge on any atom is -0.479 e. The van der Waals surface area contributed by atoms with E-state index in [4.69, 9.17) is 0 Å². The first-order valence-corrected chi connectivity index (χ1v) is 8.18. The number of nitrogens with zero attached hydrogens (tertiary/aromatic N) is 1. The Morgan fingerprint density at radius 1 is 1.60 bits per heavy atom. The first-order chi connectivity index (χ1) is 9.49. The van der Waals surface area contributed by atoms with Gasteiger partial charge in [-0.15, -0.1) is 11.3 Å². The number of carbonyl (C=O) groups is 2. The molecule has 2 rings (SSSR count). The second-order valence-corrected chi connectivity index (χ2v) is 6.75. The van der Waals surface area contributed by atoms with Gasteiger partial charge < -0.3 is 15.3 Å². The molecule has 1 aromatic heterocycles. The molecule has 0 spiro atoms. The SMILES string of the molecule is CCC1(C(=O)O)CCCN1C(=O)NCc1cc(Br)cs1. The Kier molecular flexibility index (Phi) is 4.70. The summed E-state index contributed by atoms with van der Waals surface area (Å²) in [4.78, 5) is 26.3. The van der Waals surface area contributed by atoms with Gasteiger partial charge in [0.05, 0.1) is 6.54 Å². The van der Waals surface area contributed by atoms with Gasteiger partial charge in [0.2, 0.25) is 0 Å². The van der Waals surface area contributed by atoms with Crippen molar-refractivity contribution in [2.24, 2.45) is 0 Å². The number of carbonyl (C=O) groups excluding carboxylic acids is 1. The summed E-state index contributed by atoms with van der Waals surface area (Å²) in [6.07, 6.45) is 1.69. The molecule has 7 heteroatoms. The monoisotopic (exact) mass is 360 g/mol. The van der Waals surface area contributed by atoms with Gasteiger partial charge in [0.25, 0.3) is 0 Å². The number of hydrogen-bond acceptors (Lipinski definition) is 3. The van der Waals surface area contributed by atoms with E-state index in [9.17, 15) is 14.7 Å². The zero-order valence-electron chi connectivity index (χ0n) is 11.2. The van der Waals surface area contributed by atoms with Crippen LogP contribution in [-0.2, 0) is 11.3 Å². The van der Waals surface area contributed by atoms with Crippen molar-refractivity contribution < 1.29 is 14.7 Å².